The fourth-order valence-corrected chi connectivity index (χ4v) is 1.52. The fraction of sp³-hybridized carbons (Fsp3) is 0.200. The molecule has 0 aliphatic heterocycles. The van der Waals surface area contributed by atoms with Crippen LogP contribution in [0.15, 0.2) is 33.7 Å². The second-order valence-corrected chi connectivity index (χ2v) is 3.33. The molecule has 14 heavy (non-hydrogen) atoms. The van der Waals surface area contributed by atoms with E-state index in [1.54, 1.807) is 12.1 Å². The van der Waals surface area contributed by atoms with Gasteiger partial charge in [-0.2, -0.15) is 0 Å². The van der Waals surface area contributed by atoms with Gasteiger partial charge in [0.1, 0.15) is 10.9 Å². The second-order valence-electron chi connectivity index (χ2n) is 2.51. The van der Waals surface area contributed by atoms with Crippen molar-refractivity contribution >= 4 is 23.7 Å². The molecule has 4 heteroatoms. The lowest BCUT2D eigenvalue weighted by molar-refractivity contribution is 0.628. The molecule has 0 radical (unpaired) electrons. The van der Waals surface area contributed by atoms with Gasteiger partial charge in [0, 0.05) is 24.1 Å². The lowest BCUT2D eigenvalue weighted by Crippen LogP contribution is -1.95. The fourth-order valence-electron chi connectivity index (χ4n) is 0.970. The molecule has 2 nitrogen and oxygen atoms in total. The number of hydrogen-bond donors (Lipinski definition) is 0. The molecule has 74 valence electrons. The van der Waals surface area contributed by atoms with Crippen molar-refractivity contribution < 1.29 is 4.39 Å². The first kappa shape index (κ1) is 10.9. The summed E-state index contributed by atoms with van der Waals surface area (Å²) in [4.78, 5) is 4.24. The molecule has 0 bridgehead atoms. The van der Waals surface area contributed by atoms with Crippen molar-refractivity contribution in [1.82, 2.24) is 0 Å². The van der Waals surface area contributed by atoms with Gasteiger partial charge in [-0.05, 0) is 37.9 Å². The van der Waals surface area contributed by atoms with Crippen LogP contribution in [0, 0.1) is 5.82 Å². The zero-order valence-corrected chi connectivity index (χ0v) is 8.72. The van der Waals surface area contributed by atoms with E-state index in [1.165, 1.54) is 24.1 Å². The predicted molar refractivity (Wildman–Crippen MR) is 60.6 cm³/mol. The first-order valence-electron chi connectivity index (χ1n) is 4.21. The molecule has 0 saturated carbocycles. The zero-order chi connectivity index (χ0) is 10.4. The molecule has 0 amide bonds. The van der Waals surface area contributed by atoms with E-state index in [0.29, 0.717) is 6.54 Å². The van der Waals surface area contributed by atoms with Crippen LogP contribution in [0.3, 0.4) is 0 Å². The Labute approximate surface area is 87.1 Å². The normalized spacial score (nSPS) is 11.4. The van der Waals surface area contributed by atoms with Crippen molar-refractivity contribution in [2.24, 2.45) is 9.39 Å². The largest absolute Gasteiger partial charge is 0.276 e. The lowest BCUT2D eigenvalue weighted by Gasteiger charge is -2.01. The minimum absolute atomic E-state index is 0.249. The summed E-state index contributed by atoms with van der Waals surface area (Å²) in [6.07, 6.45) is 0. The smallest absolute Gasteiger partial charge is 0.123 e. The van der Waals surface area contributed by atoms with Gasteiger partial charge >= 0.3 is 0 Å². The number of halogens is 1. The summed E-state index contributed by atoms with van der Waals surface area (Å²) in [5, 5.41) is 0.766. The molecular formula is C10H11FN2S. The molecule has 0 saturated heterocycles. The Morgan fingerprint density at radius 3 is 2.57 bits per heavy atom. The van der Waals surface area contributed by atoms with Crippen molar-refractivity contribution in [2.75, 3.05) is 6.54 Å². The van der Waals surface area contributed by atoms with E-state index in [9.17, 15) is 4.39 Å². The molecule has 0 aliphatic rings. The highest BCUT2D eigenvalue weighted by molar-refractivity contribution is 8.13. The van der Waals surface area contributed by atoms with E-state index in [2.05, 4.69) is 16.1 Å². The lowest BCUT2D eigenvalue weighted by atomic mass is 10.2. The standard InChI is InChI=1S/C10H11FN2S/c1-3-13-10(14-12-2)8-4-6-9(11)7-5-8/h4-7H,2-3H2,1H3/b13-10-. The maximum Gasteiger partial charge on any atom is 0.123 e. The topological polar surface area (TPSA) is 24.7 Å². The molecule has 0 fully saturated rings. The zero-order valence-electron chi connectivity index (χ0n) is 7.90. The highest BCUT2D eigenvalue weighted by Crippen LogP contribution is 2.14. The Hall–Kier alpha value is -1.16. The van der Waals surface area contributed by atoms with Gasteiger partial charge in [0.25, 0.3) is 0 Å². The maximum absolute atomic E-state index is 12.6. The van der Waals surface area contributed by atoms with E-state index in [-0.39, 0.29) is 5.82 Å². The monoisotopic (exact) mass is 210 g/mol. The number of aliphatic imine (C=N–C) groups is 1. The molecule has 0 aromatic heterocycles. The first-order valence-corrected chi connectivity index (χ1v) is 4.98. The van der Waals surface area contributed by atoms with Crippen LogP contribution in [0.1, 0.15) is 12.5 Å². The minimum atomic E-state index is -0.249. The van der Waals surface area contributed by atoms with Crippen LogP contribution in [0.4, 0.5) is 4.39 Å². The van der Waals surface area contributed by atoms with Crippen molar-refractivity contribution in [3.8, 4) is 0 Å². The van der Waals surface area contributed by atoms with Crippen LogP contribution in [0.2, 0.25) is 0 Å². The van der Waals surface area contributed by atoms with Gasteiger partial charge in [-0.25, -0.2) is 8.79 Å². The summed E-state index contributed by atoms with van der Waals surface area (Å²) in [6, 6.07) is 6.18. The summed E-state index contributed by atoms with van der Waals surface area (Å²) < 4.78 is 16.3. The molecule has 0 spiro atoms. The summed E-state index contributed by atoms with van der Waals surface area (Å²) in [5.41, 5.74) is 0.866. The first-order chi connectivity index (χ1) is 6.77. The van der Waals surface area contributed by atoms with Gasteiger partial charge in [0.05, 0.1) is 0 Å². The Kier molecular flexibility index (Phi) is 4.32. The number of benzene rings is 1. The number of nitrogens with zero attached hydrogens (tertiary/aromatic N) is 2. The van der Waals surface area contributed by atoms with Crippen LogP contribution in [-0.2, 0) is 0 Å². The van der Waals surface area contributed by atoms with Gasteiger partial charge in [0.2, 0.25) is 0 Å². The SMILES string of the molecule is C=NS/C(=N\CC)c1ccc(F)cc1. The van der Waals surface area contributed by atoms with E-state index >= 15 is 0 Å². The van der Waals surface area contributed by atoms with E-state index in [1.807, 2.05) is 6.92 Å². The third-order valence-electron chi connectivity index (χ3n) is 1.54. The van der Waals surface area contributed by atoms with Gasteiger partial charge in [-0.3, -0.25) is 4.99 Å². The average molecular weight is 210 g/mol. The van der Waals surface area contributed by atoms with Gasteiger partial charge in [-0.1, -0.05) is 0 Å². The summed E-state index contributed by atoms with van der Waals surface area (Å²) in [7, 11) is 0. The number of hydrogen-bond acceptors (Lipinski definition) is 3. The summed E-state index contributed by atoms with van der Waals surface area (Å²) >= 11 is 1.20. The quantitative estimate of drug-likeness (QED) is 0.427. The molecule has 0 N–H and O–H groups in total. The van der Waals surface area contributed by atoms with Crippen LogP contribution < -0.4 is 0 Å². The van der Waals surface area contributed by atoms with Crippen LogP contribution >= 0.6 is 11.9 Å². The Morgan fingerprint density at radius 1 is 1.43 bits per heavy atom. The van der Waals surface area contributed by atoms with E-state index < -0.39 is 0 Å². The molecule has 0 atom stereocenters. The third kappa shape index (κ3) is 2.96. The highest BCUT2D eigenvalue weighted by atomic mass is 32.2. The number of rotatable bonds is 3. The molecule has 0 heterocycles. The van der Waals surface area contributed by atoms with Gasteiger partial charge in [-0.15, -0.1) is 0 Å². The van der Waals surface area contributed by atoms with Gasteiger partial charge in [0.15, 0.2) is 0 Å². The van der Waals surface area contributed by atoms with Crippen LogP contribution in [0.5, 0.6) is 0 Å². The maximum atomic E-state index is 12.6. The molecular weight excluding hydrogens is 199 g/mol. The third-order valence-corrected chi connectivity index (χ3v) is 2.21. The predicted octanol–water partition coefficient (Wildman–Crippen LogP) is 2.94. The van der Waals surface area contributed by atoms with Crippen molar-refractivity contribution in [1.29, 1.82) is 0 Å². The van der Waals surface area contributed by atoms with Crippen molar-refractivity contribution in [3.05, 3.63) is 35.6 Å². The van der Waals surface area contributed by atoms with E-state index in [4.69, 9.17) is 0 Å². The summed E-state index contributed by atoms with van der Waals surface area (Å²) in [5.74, 6) is -0.249. The van der Waals surface area contributed by atoms with Crippen molar-refractivity contribution in [3.63, 3.8) is 0 Å². The highest BCUT2D eigenvalue weighted by Gasteiger charge is 2.02. The molecule has 0 aliphatic carbocycles. The van der Waals surface area contributed by atoms with Crippen LogP contribution in [0.25, 0.3) is 0 Å². The minimum Gasteiger partial charge on any atom is -0.276 e. The average Bonchev–Trinajstić information content (AvgIpc) is 2.19. The Bertz CT molecular complexity index is 332. The van der Waals surface area contributed by atoms with Gasteiger partial charge < -0.3 is 0 Å². The Balaban J connectivity index is 2.93. The van der Waals surface area contributed by atoms with Crippen molar-refractivity contribution in [2.45, 2.75) is 6.92 Å². The van der Waals surface area contributed by atoms with Crippen LogP contribution in [-0.4, -0.2) is 18.3 Å². The molecule has 1 aromatic rings. The summed E-state index contributed by atoms with van der Waals surface area (Å²) in [6.45, 7) is 6.00. The Morgan fingerprint density at radius 2 is 2.07 bits per heavy atom. The molecule has 1 aromatic carbocycles. The molecule has 0 unspecified atom stereocenters. The van der Waals surface area contributed by atoms with E-state index in [0.717, 1.165) is 10.6 Å². The molecule has 1 rings (SSSR count). The second kappa shape index (κ2) is 5.54.